The molecule has 0 aliphatic heterocycles. The standard InChI is InChI=1S/C17H25NO/c1-6-8-18-15(7-2)16-10-14-12(4)9-11(3)13(5)17(14)19-16/h9-10,15,18H,6-8H2,1-5H3. The van der Waals surface area contributed by atoms with Gasteiger partial charge in [-0.15, -0.1) is 0 Å². The molecule has 0 amide bonds. The Balaban J connectivity index is 2.45. The van der Waals surface area contributed by atoms with Crippen molar-refractivity contribution in [3.05, 3.63) is 34.6 Å². The number of nitrogens with one attached hydrogen (secondary N) is 1. The third-order valence-corrected chi connectivity index (χ3v) is 3.93. The molecule has 0 aliphatic rings. The summed E-state index contributed by atoms with van der Waals surface area (Å²) < 4.78 is 6.15. The van der Waals surface area contributed by atoms with Gasteiger partial charge in [-0.2, -0.15) is 0 Å². The van der Waals surface area contributed by atoms with Gasteiger partial charge < -0.3 is 9.73 Å². The molecule has 1 unspecified atom stereocenters. The molecule has 1 heterocycles. The highest BCUT2D eigenvalue weighted by Gasteiger charge is 2.16. The summed E-state index contributed by atoms with van der Waals surface area (Å²) in [5, 5.41) is 4.82. The first-order chi connectivity index (χ1) is 9.08. The quantitative estimate of drug-likeness (QED) is 0.833. The maximum Gasteiger partial charge on any atom is 0.137 e. The highest BCUT2D eigenvalue weighted by atomic mass is 16.3. The van der Waals surface area contributed by atoms with Gasteiger partial charge in [0, 0.05) is 5.39 Å². The molecule has 0 aliphatic carbocycles. The van der Waals surface area contributed by atoms with E-state index in [0.29, 0.717) is 6.04 Å². The average molecular weight is 259 g/mol. The van der Waals surface area contributed by atoms with Gasteiger partial charge in [0.05, 0.1) is 6.04 Å². The van der Waals surface area contributed by atoms with Crippen LogP contribution in [0.3, 0.4) is 0 Å². The van der Waals surface area contributed by atoms with E-state index in [1.54, 1.807) is 0 Å². The van der Waals surface area contributed by atoms with Crippen molar-refractivity contribution in [2.24, 2.45) is 0 Å². The molecule has 1 atom stereocenters. The lowest BCUT2D eigenvalue weighted by Gasteiger charge is -2.13. The summed E-state index contributed by atoms with van der Waals surface area (Å²) in [6.07, 6.45) is 2.20. The second kappa shape index (κ2) is 5.79. The van der Waals surface area contributed by atoms with Crippen LogP contribution in [0.1, 0.15) is 55.2 Å². The summed E-state index contributed by atoms with van der Waals surface area (Å²) in [7, 11) is 0. The van der Waals surface area contributed by atoms with Gasteiger partial charge in [0.2, 0.25) is 0 Å². The minimum atomic E-state index is 0.325. The molecule has 1 N–H and O–H groups in total. The van der Waals surface area contributed by atoms with Gasteiger partial charge in [-0.05, 0) is 62.9 Å². The molecule has 0 radical (unpaired) electrons. The Hall–Kier alpha value is -1.28. The normalized spacial score (nSPS) is 13.1. The lowest BCUT2D eigenvalue weighted by molar-refractivity contribution is 0.420. The van der Waals surface area contributed by atoms with Crippen LogP contribution >= 0.6 is 0 Å². The van der Waals surface area contributed by atoms with E-state index in [2.05, 4.69) is 52.1 Å². The fourth-order valence-corrected chi connectivity index (χ4v) is 2.61. The Morgan fingerprint density at radius 1 is 1.11 bits per heavy atom. The predicted molar refractivity (Wildman–Crippen MR) is 81.8 cm³/mol. The van der Waals surface area contributed by atoms with Gasteiger partial charge in [0.25, 0.3) is 0 Å². The van der Waals surface area contributed by atoms with Gasteiger partial charge in [-0.3, -0.25) is 0 Å². The van der Waals surface area contributed by atoms with Crippen molar-refractivity contribution in [3.63, 3.8) is 0 Å². The molecule has 0 saturated carbocycles. The fourth-order valence-electron chi connectivity index (χ4n) is 2.61. The topological polar surface area (TPSA) is 25.2 Å². The van der Waals surface area contributed by atoms with Crippen LogP contribution in [0.2, 0.25) is 0 Å². The van der Waals surface area contributed by atoms with Crippen LogP contribution in [-0.4, -0.2) is 6.54 Å². The van der Waals surface area contributed by atoms with E-state index in [-0.39, 0.29) is 0 Å². The minimum absolute atomic E-state index is 0.325. The smallest absolute Gasteiger partial charge is 0.137 e. The van der Waals surface area contributed by atoms with Crippen molar-refractivity contribution in [3.8, 4) is 0 Å². The van der Waals surface area contributed by atoms with Crippen molar-refractivity contribution in [1.29, 1.82) is 0 Å². The maximum absolute atomic E-state index is 6.15. The molecule has 2 rings (SSSR count). The van der Waals surface area contributed by atoms with E-state index in [9.17, 15) is 0 Å². The number of furan rings is 1. The van der Waals surface area contributed by atoms with E-state index in [4.69, 9.17) is 4.42 Å². The monoisotopic (exact) mass is 259 g/mol. The predicted octanol–water partition coefficient (Wildman–Crippen LogP) is 4.81. The lowest BCUT2D eigenvalue weighted by atomic mass is 10.0. The second-order valence-corrected chi connectivity index (χ2v) is 5.44. The first-order valence-corrected chi connectivity index (χ1v) is 7.32. The highest BCUT2D eigenvalue weighted by molar-refractivity contribution is 5.85. The number of rotatable bonds is 5. The van der Waals surface area contributed by atoms with E-state index in [0.717, 1.165) is 30.7 Å². The van der Waals surface area contributed by atoms with Crippen molar-refractivity contribution in [2.45, 2.75) is 53.5 Å². The number of fused-ring (bicyclic) bond motifs is 1. The van der Waals surface area contributed by atoms with Crippen LogP contribution in [-0.2, 0) is 0 Å². The number of hydrogen-bond acceptors (Lipinski definition) is 2. The summed E-state index contributed by atoms with van der Waals surface area (Å²) in [4.78, 5) is 0. The van der Waals surface area contributed by atoms with Crippen LogP contribution in [0.5, 0.6) is 0 Å². The first-order valence-electron chi connectivity index (χ1n) is 7.32. The molecule has 0 fully saturated rings. The molecule has 1 aromatic heterocycles. The van der Waals surface area contributed by atoms with Gasteiger partial charge in [0.1, 0.15) is 11.3 Å². The summed E-state index contributed by atoms with van der Waals surface area (Å²) in [5.41, 5.74) is 4.93. The SMILES string of the molecule is CCCNC(CC)c1cc2c(C)cc(C)c(C)c2o1. The lowest BCUT2D eigenvalue weighted by Crippen LogP contribution is -2.20. The van der Waals surface area contributed by atoms with Crippen molar-refractivity contribution < 1.29 is 4.42 Å². The zero-order valence-corrected chi connectivity index (χ0v) is 12.8. The summed E-state index contributed by atoms with van der Waals surface area (Å²) in [6, 6.07) is 4.79. The Morgan fingerprint density at radius 3 is 2.47 bits per heavy atom. The Kier molecular flexibility index (Phi) is 4.31. The third kappa shape index (κ3) is 2.69. The number of benzene rings is 1. The molecular weight excluding hydrogens is 234 g/mol. The molecule has 0 spiro atoms. The van der Waals surface area contributed by atoms with Crippen molar-refractivity contribution in [1.82, 2.24) is 5.32 Å². The van der Waals surface area contributed by atoms with Crippen LogP contribution in [0, 0.1) is 20.8 Å². The zero-order valence-electron chi connectivity index (χ0n) is 12.8. The van der Waals surface area contributed by atoms with E-state index in [1.807, 2.05) is 0 Å². The van der Waals surface area contributed by atoms with E-state index in [1.165, 1.54) is 22.1 Å². The number of aryl methyl sites for hydroxylation is 3. The van der Waals surface area contributed by atoms with Gasteiger partial charge >= 0.3 is 0 Å². The van der Waals surface area contributed by atoms with Gasteiger partial charge in [-0.1, -0.05) is 19.9 Å². The molecule has 19 heavy (non-hydrogen) atoms. The second-order valence-electron chi connectivity index (χ2n) is 5.44. The molecule has 104 valence electrons. The molecule has 2 heteroatoms. The van der Waals surface area contributed by atoms with Gasteiger partial charge in [-0.25, -0.2) is 0 Å². The molecule has 0 bridgehead atoms. The minimum Gasteiger partial charge on any atom is -0.459 e. The van der Waals surface area contributed by atoms with Crippen LogP contribution in [0.15, 0.2) is 16.5 Å². The fraction of sp³-hybridized carbons (Fsp3) is 0.529. The maximum atomic E-state index is 6.15. The Morgan fingerprint density at radius 2 is 1.84 bits per heavy atom. The zero-order chi connectivity index (χ0) is 14.0. The summed E-state index contributed by atoms with van der Waals surface area (Å²) in [5.74, 6) is 1.07. The van der Waals surface area contributed by atoms with Crippen molar-refractivity contribution in [2.75, 3.05) is 6.54 Å². The average Bonchev–Trinajstić information content (AvgIpc) is 2.83. The third-order valence-electron chi connectivity index (χ3n) is 3.93. The van der Waals surface area contributed by atoms with Crippen molar-refractivity contribution >= 4 is 11.0 Å². The van der Waals surface area contributed by atoms with Crippen LogP contribution in [0.4, 0.5) is 0 Å². The van der Waals surface area contributed by atoms with Crippen LogP contribution in [0.25, 0.3) is 11.0 Å². The molecule has 0 saturated heterocycles. The molecular formula is C17H25NO. The van der Waals surface area contributed by atoms with E-state index >= 15 is 0 Å². The first kappa shape index (κ1) is 14.1. The van der Waals surface area contributed by atoms with Gasteiger partial charge in [0.15, 0.2) is 0 Å². The van der Waals surface area contributed by atoms with E-state index < -0.39 is 0 Å². The van der Waals surface area contributed by atoms with Crippen LogP contribution < -0.4 is 5.32 Å². The summed E-state index contributed by atoms with van der Waals surface area (Å²) >= 11 is 0. The molecule has 2 nitrogen and oxygen atoms in total. The Bertz CT molecular complexity index is 568. The molecule has 2 aromatic rings. The molecule has 1 aromatic carbocycles. The largest absolute Gasteiger partial charge is 0.459 e. The summed E-state index contributed by atoms with van der Waals surface area (Å²) in [6.45, 7) is 11.9. The highest BCUT2D eigenvalue weighted by Crippen LogP contribution is 2.31. The number of hydrogen-bond donors (Lipinski definition) is 1. The Labute approximate surface area is 116 Å².